The fourth-order valence-electron chi connectivity index (χ4n) is 2.11. The van der Waals surface area contributed by atoms with Gasteiger partial charge in [-0.05, 0) is 11.5 Å². The van der Waals surface area contributed by atoms with Crippen LogP contribution < -0.4 is 0 Å². The largest absolute Gasteiger partial charge is 0.392 e. The lowest BCUT2D eigenvalue weighted by Crippen LogP contribution is -2.32. The van der Waals surface area contributed by atoms with E-state index in [4.69, 9.17) is 4.74 Å². The predicted octanol–water partition coefficient (Wildman–Crippen LogP) is 1.51. The number of ether oxygens (including phenoxy) is 1. The second kappa shape index (κ2) is 2.96. The Kier molecular flexibility index (Phi) is 2.05. The fourth-order valence-corrected chi connectivity index (χ4v) is 2.11. The lowest BCUT2D eigenvalue weighted by molar-refractivity contribution is 0.0343. The minimum absolute atomic E-state index is 0.0587. The van der Waals surface area contributed by atoms with Gasteiger partial charge in [0.05, 0.1) is 18.3 Å². The molecule has 0 spiro atoms. The molecule has 4 unspecified atom stereocenters. The third kappa shape index (κ3) is 1.25. The van der Waals surface area contributed by atoms with E-state index in [9.17, 15) is 5.11 Å². The molecule has 0 aromatic carbocycles. The average molecular weight is 180 g/mol. The van der Waals surface area contributed by atoms with Crippen LogP contribution in [0.3, 0.4) is 0 Å². The number of rotatable bonds is 2. The van der Waals surface area contributed by atoms with Crippen LogP contribution in [-0.2, 0) is 4.74 Å². The molecule has 2 heteroatoms. The van der Waals surface area contributed by atoms with Gasteiger partial charge in [0, 0.05) is 5.92 Å². The Morgan fingerprint density at radius 2 is 2.15 bits per heavy atom. The van der Waals surface area contributed by atoms with Crippen molar-refractivity contribution >= 4 is 0 Å². The van der Waals surface area contributed by atoms with Gasteiger partial charge in [0.1, 0.15) is 0 Å². The standard InChI is InChI=1S/C11H16O2/c1-6(2)11(12)10-7(3)8-4-5-9(10)13-8/h4-6,8-12H,3H2,1-2H3. The van der Waals surface area contributed by atoms with E-state index in [1.807, 2.05) is 26.0 Å². The lowest BCUT2D eigenvalue weighted by atomic mass is 9.81. The molecule has 2 bridgehead atoms. The summed E-state index contributed by atoms with van der Waals surface area (Å²) in [7, 11) is 0. The molecular formula is C11H16O2. The van der Waals surface area contributed by atoms with Gasteiger partial charge in [-0.1, -0.05) is 32.6 Å². The molecule has 0 aromatic heterocycles. The van der Waals surface area contributed by atoms with Gasteiger partial charge < -0.3 is 9.84 Å². The van der Waals surface area contributed by atoms with Gasteiger partial charge in [-0.15, -0.1) is 0 Å². The quantitative estimate of drug-likeness (QED) is 0.653. The summed E-state index contributed by atoms with van der Waals surface area (Å²) < 4.78 is 5.60. The molecule has 2 aliphatic rings. The van der Waals surface area contributed by atoms with Gasteiger partial charge >= 0.3 is 0 Å². The Hall–Kier alpha value is -0.600. The summed E-state index contributed by atoms with van der Waals surface area (Å²) in [6.45, 7) is 8.03. The summed E-state index contributed by atoms with van der Waals surface area (Å²) in [6, 6.07) is 0. The maximum Gasteiger partial charge on any atom is 0.0978 e. The Morgan fingerprint density at radius 3 is 2.62 bits per heavy atom. The van der Waals surface area contributed by atoms with E-state index in [1.165, 1.54) is 0 Å². The van der Waals surface area contributed by atoms with E-state index in [0.29, 0.717) is 0 Å². The highest BCUT2D eigenvalue weighted by atomic mass is 16.5. The first kappa shape index (κ1) is 8.97. The van der Waals surface area contributed by atoms with Crippen LogP contribution in [0.5, 0.6) is 0 Å². The van der Waals surface area contributed by atoms with E-state index in [1.54, 1.807) is 0 Å². The topological polar surface area (TPSA) is 29.5 Å². The van der Waals surface area contributed by atoms with E-state index < -0.39 is 0 Å². The molecular weight excluding hydrogens is 164 g/mol. The fraction of sp³-hybridized carbons (Fsp3) is 0.636. The second-order valence-corrected chi connectivity index (χ2v) is 4.24. The van der Waals surface area contributed by atoms with Crippen LogP contribution in [0.2, 0.25) is 0 Å². The number of hydrogen-bond donors (Lipinski definition) is 1. The molecule has 2 nitrogen and oxygen atoms in total. The van der Waals surface area contributed by atoms with Crippen LogP contribution in [0.4, 0.5) is 0 Å². The number of hydrogen-bond acceptors (Lipinski definition) is 2. The van der Waals surface area contributed by atoms with Crippen LogP contribution >= 0.6 is 0 Å². The number of aliphatic hydroxyl groups is 1. The van der Waals surface area contributed by atoms with Gasteiger partial charge in [0.25, 0.3) is 0 Å². The highest BCUT2D eigenvalue weighted by molar-refractivity contribution is 5.31. The molecule has 0 aliphatic carbocycles. The number of fused-ring (bicyclic) bond motifs is 2. The van der Waals surface area contributed by atoms with Crippen LogP contribution in [0.15, 0.2) is 24.3 Å². The second-order valence-electron chi connectivity index (χ2n) is 4.24. The minimum Gasteiger partial charge on any atom is -0.392 e. The van der Waals surface area contributed by atoms with Gasteiger partial charge in [-0.2, -0.15) is 0 Å². The third-order valence-corrected chi connectivity index (χ3v) is 2.98. The van der Waals surface area contributed by atoms with Crippen molar-refractivity contribution in [2.24, 2.45) is 11.8 Å². The molecule has 4 atom stereocenters. The van der Waals surface area contributed by atoms with Gasteiger partial charge in [-0.25, -0.2) is 0 Å². The maximum atomic E-state index is 9.94. The highest BCUT2D eigenvalue weighted by Gasteiger charge is 2.44. The van der Waals surface area contributed by atoms with E-state index in [0.717, 1.165) is 5.57 Å². The first-order chi connectivity index (χ1) is 6.11. The van der Waals surface area contributed by atoms with Crippen molar-refractivity contribution in [2.45, 2.75) is 32.2 Å². The monoisotopic (exact) mass is 180 g/mol. The zero-order valence-electron chi connectivity index (χ0n) is 8.10. The van der Waals surface area contributed by atoms with Crippen LogP contribution in [-0.4, -0.2) is 23.4 Å². The van der Waals surface area contributed by atoms with Crippen molar-refractivity contribution in [3.05, 3.63) is 24.3 Å². The predicted molar refractivity (Wildman–Crippen MR) is 51.3 cm³/mol. The van der Waals surface area contributed by atoms with Gasteiger partial charge in [-0.3, -0.25) is 0 Å². The first-order valence-corrected chi connectivity index (χ1v) is 4.82. The smallest absolute Gasteiger partial charge is 0.0978 e. The van der Waals surface area contributed by atoms with E-state index in [2.05, 4.69) is 6.58 Å². The molecule has 0 saturated carbocycles. The molecule has 0 amide bonds. The van der Waals surface area contributed by atoms with Gasteiger partial charge in [0.2, 0.25) is 0 Å². The molecule has 1 saturated heterocycles. The summed E-state index contributed by atoms with van der Waals surface area (Å²) >= 11 is 0. The average Bonchev–Trinajstić information content (AvgIpc) is 2.62. The Bertz CT molecular complexity index is 255. The normalized spacial score (nSPS) is 39.1. The summed E-state index contributed by atoms with van der Waals surface area (Å²) in [5, 5.41) is 9.94. The summed E-state index contributed by atoms with van der Waals surface area (Å²) in [5.74, 6) is 0.369. The molecule has 72 valence electrons. The Balaban J connectivity index is 2.17. The van der Waals surface area contributed by atoms with E-state index in [-0.39, 0.29) is 30.1 Å². The molecule has 0 aromatic rings. The van der Waals surface area contributed by atoms with Crippen LogP contribution in [0, 0.1) is 11.8 Å². The molecule has 1 fully saturated rings. The summed E-state index contributed by atoms with van der Waals surface area (Å²) in [5.41, 5.74) is 1.04. The zero-order chi connectivity index (χ0) is 9.59. The summed E-state index contributed by atoms with van der Waals surface area (Å²) in [6.07, 6.45) is 3.86. The van der Waals surface area contributed by atoms with Crippen LogP contribution in [0.25, 0.3) is 0 Å². The van der Waals surface area contributed by atoms with Crippen molar-refractivity contribution in [1.29, 1.82) is 0 Å². The molecule has 13 heavy (non-hydrogen) atoms. The van der Waals surface area contributed by atoms with E-state index >= 15 is 0 Å². The Morgan fingerprint density at radius 1 is 1.46 bits per heavy atom. The van der Waals surface area contributed by atoms with Crippen molar-refractivity contribution in [3.63, 3.8) is 0 Å². The highest BCUT2D eigenvalue weighted by Crippen LogP contribution is 2.40. The lowest BCUT2D eigenvalue weighted by Gasteiger charge is -2.26. The van der Waals surface area contributed by atoms with Crippen molar-refractivity contribution in [3.8, 4) is 0 Å². The van der Waals surface area contributed by atoms with Gasteiger partial charge in [0.15, 0.2) is 0 Å². The molecule has 2 rings (SSSR count). The molecule has 2 heterocycles. The molecule has 0 radical (unpaired) electrons. The minimum atomic E-state index is -0.326. The van der Waals surface area contributed by atoms with Crippen molar-refractivity contribution < 1.29 is 9.84 Å². The maximum absolute atomic E-state index is 9.94. The zero-order valence-corrected chi connectivity index (χ0v) is 8.10. The van der Waals surface area contributed by atoms with Crippen molar-refractivity contribution in [2.75, 3.05) is 0 Å². The summed E-state index contributed by atoms with van der Waals surface area (Å²) in [4.78, 5) is 0. The Labute approximate surface area is 78.9 Å². The first-order valence-electron chi connectivity index (χ1n) is 4.82. The van der Waals surface area contributed by atoms with Crippen LogP contribution in [0.1, 0.15) is 13.8 Å². The third-order valence-electron chi connectivity index (χ3n) is 2.98. The molecule has 2 aliphatic heterocycles. The molecule has 1 N–H and O–H groups in total. The number of aliphatic hydroxyl groups excluding tert-OH is 1. The SMILES string of the molecule is C=C1C2C=CC(O2)C1C(O)C(C)C. The van der Waals surface area contributed by atoms with Crippen molar-refractivity contribution in [1.82, 2.24) is 0 Å².